The molecule has 1 aromatic rings. The lowest BCUT2D eigenvalue weighted by atomic mass is 9.80. The number of nitrogens with two attached hydrogens (primary N) is 5. The van der Waals surface area contributed by atoms with Crippen LogP contribution < -0.4 is 33.9 Å². The van der Waals surface area contributed by atoms with Crippen LogP contribution >= 0.6 is 31.8 Å². The van der Waals surface area contributed by atoms with E-state index in [1.807, 2.05) is 22.6 Å². The van der Waals surface area contributed by atoms with Gasteiger partial charge >= 0.3 is 0 Å². The number of rotatable bonds is 3. The van der Waals surface area contributed by atoms with Gasteiger partial charge in [0.05, 0.1) is 5.69 Å². The third-order valence-electron chi connectivity index (χ3n) is 3.68. The molecule has 9 nitrogen and oxygen atoms in total. The molecule has 0 radical (unpaired) electrons. The topological polar surface area (TPSA) is 183 Å². The average molecular weight is 451 g/mol. The van der Waals surface area contributed by atoms with Gasteiger partial charge in [0.25, 0.3) is 0 Å². The molecule has 0 bridgehead atoms. The molecule has 10 N–H and O–H groups in total. The highest BCUT2D eigenvalue weighted by Crippen LogP contribution is 2.38. The molecular weight excluding hydrogens is 434 g/mol. The minimum absolute atomic E-state index is 0.191. The molecule has 0 amide bonds. The number of nitrogens with zero attached hydrogens (tertiary/aromatic N) is 1. The summed E-state index contributed by atoms with van der Waals surface area (Å²) < 4.78 is 0.624. The van der Waals surface area contributed by atoms with Gasteiger partial charge in [-0.2, -0.15) is 0 Å². The molecule has 1 aromatic carbocycles. The Morgan fingerprint density at radius 1 is 1.13 bits per heavy atom. The Bertz CT molecular complexity index is 679. The van der Waals surface area contributed by atoms with E-state index in [1.165, 1.54) is 6.07 Å². The van der Waals surface area contributed by atoms with Crippen molar-refractivity contribution in [3.05, 3.63) is 44.9 Å². The maximum atomic E-state index is 12.2. The Kier molecular flexibility index (Phi) is 4.74. The van der Waals surface area contributed by atoms with E-state index < -0.39 is 22.4 Å². The lowest BCUT2D eigenvalue weighted by Gasteiger charge is -2.52. The zero-order chi connectivity index (χ0) is 17.6. The Hall–Kier alpha value is -0.850. The van der Waals surface area contributed by atoms with Gasteiger partial charge < -0.3 is 38.7 Å². The fourth-order valence-corrected chi connectivity index (χ4v) is 2.82. The molecule has 1 aliphatic rings. The van der Waals surface area contributed by atoms with Crippen LogP contribution in [0.1, 0.15) is 0 Å². The standard InChI is InChI=1S/C12H17IN6O3P/c13-6-3-1-2-4-7(6)19(21)22-9-5-8(20)10(14,15)12(18,23)11(9,16)17/h1-5H,14-18,23H2/q-1. The predicted octanol–water partition coefficient (Wildman–Crippen LogP) is -1.25. The van der Waals surface area contributed by atoms with Gasteiger partial charge in [0.2, 0.25) is 0 Å². The SMILES string of the molecule is NC1(N)C(=O)C=C(ON([O-])c2ccccc2I)C(N)(N)C1(N)P. The van der Waals surface area contributed by atoms with Crippen LogP contribution in [0.5, 0.6) is 0 Å². The summed E-state index contributed by atoms with van der Waals surface area (Å²) in [5, 5.41) is 10.6. The van der Waals surface area contributed by atoms with Crippen molar-refractivity contribution >= 4 is 43.3 Å². The normalized spacial score (nSPS) is 25.7. The molecule has 1 aliphatic carbocycles. The van der Waals surface area contributed by atoms with E-state index in [9.17, 15) is 10.0 Å². The number of para-hydroxylation sites is 1. The van der Waals surface area contributed by atoms with Crippen molar-refractivity contribution in [1.82, 2.24) is 0 Å². The molecular formula is C12H17IN6O3P-. The Morgan fingerprint density at radius 2 is 1.70 bits per heavy atom. The number of anilines is 1. The largest absolute Gasteiger partial charge is 0.724 e. The van der Waals surface area contributed by atoms with Crippen LogP contribution in [-0.4, -0.2) is 22.4 Å². The van der Waals surface area contributed by atoms with E-state index in [-0.39, 0.29) is 16.7 Å². The Balaban J connectivity index is 2.40. The van der Waals surface area contributed by atoms with Crippen molar-refractivity contribution in [2.75, 3.05) is 5.23 Å². The second kappa shape index (κ2) is 5.90. The summed E-state index contributed by atoms with van der Waals surface area (Å²) in [5.74, 6) is -1.12. The van der Waals surface area contributed by atoms with Gasteiger partial charge in [-0.1, -0.05) is 12.1 Å². The van der Waals surface area contributed by atoms with Crippen molar-refractivity contribution in [2.24, 2.45) is 28.7 Å². The van der Waals surface area contributed by atoms with Crippen LogP contribution in [0.2, 0.25) is 0 Å². The summed E-state index contributed by atoms with van der Waals surface area (Å²) in [6.45, 7) is 0. The first-order valence-corrected chi connectivity index (χ1v) is 7.98. The quantitative estimate of drug-likeness (QED) is 0.162. The second-order valence-corrected chi connectivity index (χ2v) is 7.35. The highest BCUT2D eigenvalue weighted by molar-refractivity contribution is 14.1. The van der Waals surface area contributed by atoms with Crippen LogP contribution in [0.3, 0.4) is 0 Å². The predicted molar refractivity (Wildman–Crippen MR) is 98.0 cm³/mol. The fourth-order valence-electron chi connectivity index (χ4n) is 1.95. The van der Waals surface area contributed by atoms with Crippen molar-refractivity contribution in [3.63, 3.8) is 0 Å². The van der Waals surface area contributed by atoms with Gasteiger partial charge in [-0.15, -0.1) is 9.24 Å². The number of halogens is 1. The second-order valence-electron chi connectivity index (χ2n) is 5.28. The first-order chi connectivity index (χ1) is 10.4. The monoisotopic (exact) mass is 451 g/mol. The minimum Gasteiger partial charge on any atom is -0.724 e. The number of carbonyl (C=O) groups is 1. The van der Waals surface area contributed by atoms with Gasteiger partial charge in [0.1, 0.15) is 5.28 Å². The van der Waals surface area contributed by atoms with Gasteiger partial charge in [-0.25, -0.2) is 0 Å². The summed E-state index contributed by atoms with van der Waals surface area (Å²) in [6, 6.07) is 6.64. The van der Waals surface area contributed by atoms with Gasteiger partial charge in [-0.3, -0.25) is 10.0 Å². The van der Waals surface area contributed by atoms with Crippen LogP contribution in [0, 0.1) is 8.78 Å². The van der Waals surface area contributed by atoms with Crippen LogP contribution in [0.25, 0.3) is 0 Å². The van der Waals surface area contributed by atoms with Crippen molar-refractivity contribution in [3.8, 4) is 0 Å². The highest BCUT2D eigenvalue weighted by atomic mass is 127. The third kappa shape index (κ3) is 2.85. The van der Waals surface area contributed by atoms with E-state index in [0.717, 1.165) is 6.08 Å². The van der Waals surface area contributed by atoms with E-state index >= 15 is 0 Å². The molecule has 0 spiro atoms. The van der Waals surface area contributed by atoms with Crippen LogP contribution in [0.4, 0.5) is 5.69 Å². The first-order valence-electron chi connectivity index (χ1n) is 6.32. The molecule has 23 heavy (non-hydrogen) atoms. The maximum absolute atomic E-state index is 12.2. The summed E-state index contributed by atoms with van der Waals surface area (Å²) in [4.78, 5) is 17.2. The van der Waals surface area contributed by atoms with Gasteiger partial charge in [0.15, 0.2) is 22.9 Å². The molecule has 0 saturated carbocycles. The summed E-state index contributed by atoms with van der Waals surface area (Å²) in [6.07, 6.45) is 0.885. The summed E-state index contributed by atoms with van der Waals surface area (Å²) in [5.41, 5.74) is 25.5. The molecule has 0 aromatic heterocycles. The Labute approximate surface area is 148 Å². The molecule has 0 aliphatic heterocycles. The van der Waals surface area contributed by atoms with Gasteiger partial charge in [0, 0.05) is 9.65 Å². The minimum atomic E-state index is -2.04. The number of ketones is 1. The van der Waals surface area contributed by atoms with Crippen molar-refractivity contribution in [1.29, 1.82) is 0 Å². The number of hydrogen-bond acceptors (Lipinski definition) is 9. The van der Waals surface area contributed by atoms with E-state index in [1.54, 1.807) is 18.2 Å². The number of carbonyl (C=O) groups excluding carboxylic acids is 1. The number of benzene rings is 1. The van der Waals surface area contributed by atoms with Crippen LogP contribution in [0.15, 0.2) is 36.1 Å². The van der Waals surface area contributed by atoms with Crippen LogP contribution in [-0.2, 0) is 9.63 Å². The van der Waals surface area contributed by atoms with E-state index in [2.05, 4.69) is 9.24 Å². The average Bonchev–Trinajstić information content (AvgIpc) is 2.45. The Morgan fingerprint density at radius 3 is 2.26 bits per heavy atom. The third-order valence-corrected chi connectivity index (χ3v) is 5.54. The molecule has 2 rings (SSSR count). The van der Waals surface area contributed by atoms with Crippen molar-refractivity contribution < 1.29 is 9.63 Å². The van der Waals surface area contributed by atoms with Gasteiger partial charge in [-0.05, 0) is 34.7 Å². The molecule has 0 fully saturated rings. The number of hydrogen-bond donors (Lipinski definition) is 5. The zero-order valence-corrected chi connectivity index (χ0v) is 15.2. The molecule has 11 heteroatoms. The molecule has 0 heterocycles. The lowest BCUT2D eigenvalue weighted by molar-refractivity contribution is -0.123. The molecule has 126 valence electrons. The zero-order valence-electron chi connectivity index (χ0n) is 11.9. The fraction of sp³-hybridized carbons (Fsp3) is 0.250. The highest BCUT2D eigenvalue weighted by Gasteiger charge is 2.61. The van der Waals surface area contributed by atoms with E-state index in [0.29, 0.717) is 3.57 Å². The molecule has 2 atom stereocenters. The molecule has 0 saturated heterocycles. The first kappa shape index (κ1) is 18.5. The summed E-state index contributed by atoms with van der Waals surface area (Å²) >= 11 is 1.96. The maximum Gasteiger partial charge on any atom is 0.195 e. The van der Waals surface area contributed by atoms with Crippen molar-refractivity contribution in [2.45, 2.75) is 16.6 Å². The summed E-state index contributed by atoms with van der Waals surface area (Å²) in [7, 11) is 2.06. The molecule has 2 unspecified atom stereocenters. The van der Waals surface area contributed by atoms with E-state index in [4.69, 9.17) is 33.5 Å². The lowest BCUT2D eigenvalue weighted by Crippen LogP contribution is -2.87. The smallest absolute Gasteiger partial charge is 0.195 e.